The third-order valence-electron chi connectivity index (χ3n) is 2.66. The summed E-state index contributed by atoms with van der Waals surface area (Å²) in [4.78, 5) is 14.4. The second-order valence-electron chi connectivity index (χ2n) is 3.80. The first kappa shape index (κ1) is 10.8. The molecule has 1 amide bonds. The number of hydrogen-bond donors (Lipinski definition) is 2. The number of carbonyl (C=O) groups is 1. The monoisotopic (exact) mass is 246 g/mol. The van der Waals surface area contributed by atoms with Crippen LogP contribution in [0.15, 0.2) is 6.07 Å². The van der Waals surface area contributed by atoms with Gasteiger partial charge in [0.15, 0.2) is 0 Å². The van der Waals surface area contributed by atoms with Crippen LogP contribution in [0.2, 0.25) is 10.2 Å². The fraction of sp³-hybridized carbons (Fsp3) is 0.500. The van der Waals surface area contributed by atoms with Crippen molar-refractivity contribution < 1.29 is 4.79 Å². The molecule has 15 heavy (non-hydrogen) atoms. The summed E-state index contributed by atoms with van der Waals surface area (Å²) in [5, 5.41) is 3.64. The molecular weight excluding hydrogens is 235 g/mol. The summed E-state index contributed by atoms with van der Waals surface area (Å²) in [5.74, 6) is -0.129. The zero-order valence-electron chi connectivity index (χ0n) is 8.15. The van der Waals surface area contributed by atoms with Crippen molar-refractivity contribution in [1.29, 1.82) is 0 Å². The van der Waals surface area contributed by atoms with E-state index in [-0.39, 0.29) is 5.91 Å². The minimum absolute atomic E-state index is 0.129. The highest BCUT2D eigenvalue weighted by atomic mass is 35.5. The van der Waals surface area contributed by atoms with Gasteiger partial charge in [0, 0.05) is 6.04 Å². The Hall–Kier alpha value is -0.670. The number of aromatic nitrogens is 1. The average molecular weight is 247 g/mol. The van der Waals surface area contributed by atoms with E-state index in [1.165, 1.54) is 12.8 Å². The molecule has 0 aliphatic heterocycles. The van der Waals surface area contributed by atoms with Crippen molar-refractivity contribution in [3.63, 3.8) is 0 Å². The van der Waals surface area contributed by atoms with Crippen LogP contribution in [0.3, 0.4) is 0 Å². The standard InChI is InChI=1S/C10H12Cl2N2O/c11-7-5-8(14-9(7)12)10(15)13-6-3-1-2-4-6/h5-6,14H,1-4H2,(H,13,15). The van der Waals surface area contributed by atoms with Gasteiger partial charge in [-0.1, -0.05) is 36.0 Å². The van der Waals surface area contributed by atoms with Crippen LogP contribution in [-0.4, -0.2) is 16.9 Å². The fourth-order valence-electron chi connectivity index (χ4n) is 1.86. The molecule has 1 fully saturated rings. The van der Waals surface area contributed by atoms with Crippen LogP contribution in [0.4, 0.5) is 0 Å². The van der Waals surface area contributed by atoms with Crippen LogP contribution in [-0.2, 0) is 0 Å². The van der Waals surface area contributed by atoms with Crippen molar-refractivity contribution in [1.82, 2.24) is 10.3 Å². The second kappa shape index (κ2) is 4.45. The van der Waals surface area contributed by atoms with Gasteiger partial charge in [-0.05, 0) is 18.9 Å². The molecule has 0 saturated heterocycles. The van der Waals surface area contributed by atoms with Crippen LogP contribution >= 0.6 is 23.2 Å². The first-order chi connectivity index (χ1) is 7.16. The Kier molecular flexibility index (Phi) is 3.22. The Morgan fingerprint density at radius 2 is 2.07 bits per heavy atom. The molecule has 0 atom stereocenters. The normalized spacial score (nSPS) is 16.9. The third kappa shape index (κ3) is 2.47. The first-order valence-corrected chi connectivity index (χ1v) is 5.77. The molecular formula is C10H12Cl2N2O. The Morgan fingerprint density at radius 1 is 1.40 bits per heavy atom. The molecule has 0 radical (unpaired) electrons. The molecule has 5 heteroatoms. The van der Waals surface area contributed by atoms with Crippen LogP contribution in [0.1, 0.15) is 36.2 Å². The smallest absolute Gasteiger partial charge is 0.268 e. The molecule has 1 aromatic heterocycles. The number of aromatic amines is 1. The van der Waals surface area contributed by atoms with E-state index in [1.54, 1.807) is 6.07 Å². The van der Waals surface area contributed by atoms with Gasteiger partial charge in [-0.15, -0.1) is 0 Å². The summed E-state index contributed by atoms with van der Waals surface area (Å²) in [7, 11) is 0. The highest BCUT2D eigenvalue weighted by molar-refractivity contribution is 6.41. The van der Waals surface area contributed by atoms with Crippen molar-refractivity contribution >= 4 is 29.1 Å². The molecule has 0 aromatic carbocycles. The summed E-state index contributed by atoms with van der Waals surface area (Å²) >= 11 is 11.5. The molecule has 1 aromatic rings. The quantitative estimate of drug-likeness (QED) is 0.828. The lowest BCUT2D eigenvalue weighted by molar-refractivity contribution is 0.0933. The number of halogens is 2. The molecule has 0 bridgehead atoms. The molecule has 2 N–H and O–H groups in total. The van der Waals surface area contributed by atoms with Crippen LogP contribution in [0.5, 0.6) is 0 Å². The van der Waals surface area contributed by atoms with E-state index in [0.29, 0.717) is 21.9 Å². The minimum atomic E-state index is -0.129. The molecule has 1 heterocycles. The van der Waals surface area contributed by atoms with Gasteiger partial charge in [-0.3, -0.25) is 4.79 Å². The molecule has 1 aliphatic carbocycles. The number of amides is 1. The number of carbonyl (C=O) groups excluding carboxylic acids is 1. The SMILES string of the molecule is O=C(NC1CCCC1)c1cc(Cl)c(Cl)[nH]1. The molecule has 82 valence electrons. The van der Waals surface area contributed by atoms with Crippen molar-refractivity contribution in [3.05, 3.63) is 21.9 Å². The Labute approximate surface area is 98.1 Å². The van der Waals surface area contributed by atoms with E-state index in [2.05, 4.69) is 10.3 Å². The predicted molar refractivity (Wildman–Crippen MR) is 60.5 cm³/mol. The number of nitrogens with one attached hydrogen (secondary N) is 2. The summed E-state index contributed by atoms with van der Waals surface area (Å²) in [6.45, 7) is 0. The summed E-state index contributed by atoms with van der Waals surface area (Å²) < 4.78 is 0. The molecule has 2 rings (SSSR count). The zero-order valence-corrected chi connectivity index (χ0v) is 9.66. The summed E-state index contributed by atoms with van der Waals surface area (Å²) in [6.07, 6.45) is 4.51. The second-order valence-corrected chi connectivity index (χ2v) is 4.58. The number of hydrogen-bond acceptors (Lipinski definition) is 1. The highest BCUT2D eigenvalue weighted by Gasteiger charge is 2.19. The van der Waals surface area contributed by atoms with Crippen LogP contribution < -0.4 is 5.32 Å². The van der Waals surface area contributed by atoms with E-state index in [9.17, 15) is 4.79 Å². The van der Waals surface area contributed by atoms with E-state index < -0.39 is 0 Å². The Balaban J connectivity index is 2.00. The van der Waals surface area contributed by atoms with Gasteiger partial charge in [-0.2, -0.15) is 0 Å². The van der Waals surface area contributed by atoms with E-state index >= 15 is 0 Å². The maximum Gasteiger partial charge on any atom is 0.268 e. The highest BCUT2D eigenvalue weighted by Crippen LogP contribution is 2.22. The summed E-state index contributed by atoms with van der Waals surface area (Å²) in [6, 6.07) is 1.85. The largest absolute Gasteiger partial charge is 0.348 e. The number of H-pyrrole nitrogens is 1. The van der Waals surface area contributed by atoms with Crippen molar-refractivity contribution in [2.24, 2.45) is 0 Å². The number of rotatable bonds is 2. The van der Waals surface area contributed by atoms with E-state index in [4.69, 9.17) is 23.2 Å². The summed E-state index contributed by atoms with van der Waals surface area (Å²) in [5.41, 5.74) is 0.428. The van der Waals surface area contributed by atoms with Gasteiger partial charge >= 0.3 is 0 Å². The lowest BCUT2D eigenvalue weighted by atomic mass is 10.2. The maximum atomic E-state index is 11.7. The first-order valence-electron chi connectivity index (χ1n) is 5.01. The molecule has 0 spiro atoms. The van der Waals surface area contributed by atoms with E-state index in [0.717, 1.165) is 12.8 Å². The zero-order chi connectivity index (χ0) is 10.8. The van der Waals surface area contributed by atoms with Crippen molar-refractivity contribution in [2.45, 2.75) is 31.7 Å². The van der Waals surface area contributed by atoms with Gasteiger partial charge in [0.05, 0.1) is 5.02 Å². The van der Waals surface area contributed by atoms with Crippen LogP contribution in [0, 0.1) is 0 Å². The van der Waals surface area contributed by atoms with Crippen molar-refractivity contribution in [3.8, 4) is 0 Å². The topological polar surface area (TPSA) is 44.9 Å². The molecule has 1 aliphatic rings. The predicted octanol–water partition coefficient (Wildman–Crippen LogP) is 2.99. The lowest BCUT2D eigenvalue weighted by Gasteiger charge is -2.10. The Morgan fingerprint density at radius 3 is 2.60 bits per heavy atom. The van der Waals surface area contributed by atoms with Gasteiger partial charge in [0.1, 0.15) is 10.8 Å². The lowest BCUT2D eigenvalue weighted by Crippen LogP contribution is -2.32. The maximum absolute atomic E-state index is 11.7. The Bertz CT molecular complexity index is 350. The van der Waals surface area contributed by atoms with Gasteiger partial charge in [-0.25, -0.2) is 0 Å². The van der Waals surface area contributed by atoms with Crippen molar-refractivity contribution in [2.75, 3.05) is 0 Å². The minimum Gasteiger partial charge on any atom is -0.348 e. The molecule has 1 saturated carbocycles. The van der Waals surface area contributed by atoms with Gasteiger partial charge in [0.2, 0.25) is 0 Å². The molecule has 0 unspecified atom stereocenters. The third-order valence-corrected chi connectivity index (χ3v) is 3.35. The fourth-order valence-corrected chi connectivity index (χ4v) is 2.17. The average Bonchev–Trinajstić information content (AvgIpc) is 2.78. The van der Waals surface area contributed by atoms with E-state index in [1.807, 2.05) is 0 Å². The van der Waals surface area contributed by atoms with Crippen LogP contribution in [0.25, 0.3) is 0 Å². The van der Waals surface area contributed by atoms with Gasteiger partial charge < -0.3 is 10.3 Å². The molecule has 3 nitrogen and oxygen atoms in total. The van der Waals surface area contributed by atoms with Gasteiger partial charge in [0.25, 0.3) is 5.91 Å².